The average Bonchev–Trinajstić information content (AvgIpc) is 3.56. The van der Waals surface area contributed by atoms with Crippen molar-refractivity contribution in [3.63, 3.8) is 0 Å². The van der Waals surface area contributed by atoms with Gasteiger partial charge in [0.05, 0.1) is 12.0 Å². The number of ether oxygens (including phenoxy) is 2. The van der Waals surface area contributed by atoms with Crippen LogP contribution in [0.2, 0.25) is 0 Å². The van der Waals surface area contributed by atoms with E-state index in [0.717, 1.165) is 46.6 Å². The van der Waals surface area contributed by atoms with Crippen molar-refractivity contribution in [3.8, 4) is 0 Å². The second-order valence-corrected chi connectivity index (χ2v) is 11.6. The third-order valence-electron chi connectivity index (χ3n) is 6.07. The summed E-state index contributed by atoms with van der Waals surface area (Å²) in [5.74, 6) is 0.0725. The van der Waals surface area contributed by atoms with Crippen molar-refractivity contribution in [1.82, 2.24) is 10.6 Å². The highest BCUT2D eigenvalue weighted by atomic mass is 32.1. The van der Waals surface area contributed by atoms with Crippen molar-refractivity contribution < 1.29 is 23.9 Å². The number of carbonyl (C=O) groups excluding carboxylic acids is 3. The number of alkyl carbamates (subject to hydrolysis) is 1. The molecule has 1 saturated carbocycles. The Morgan fingerprint density at radius 2 is 1.83 bits per heavy atom. The molecule has 0 spiro atoms. The van der Waals surface area contributed by atoms with E-state index in [9.17, 15) is 14.4 Å². The quantitative estimate of drug-likeness (QED) is 0.521. The van der Waals surface area contributed by atoms with Gasteiger partial charge in [0.2, 0.25) is 0 Å². The molecule has 2 amide bonds. The Bertz CT molecular complexity index is 1070. The van der Waals surface area contributed by atoms with Gasteiger partial charge < -0.3 is 20.1 Å². The van der Waals surface area contributed by atoms with Crippen molar-refractivity contribution in [3.05, 3.63) is 56.8 Å². The zero-order valence-corrected chi connectivity index (χ0v) is 21.5. The highest BCUT2D eigenvalue weighted by molar-refractivity contribution is 7.12. The highest BCUT2D eigenvalue weighted by Crippen LogP contribution is 2.36. The van der Waals surface area contributed by atoms with Crippen LogP contribution in [0.5, 0.6) is 0 Å². The molecule has 0 radical (unpaired) electrons. The number of hydrogen-bond donors (Lipinski definition) is 2. The van der Waals surface area contributed by atoms with Gasteiger partial charge in [0.25, 0.3) is 5.91 Å². The molecular formula is C27H34N2O5S. The van der Waals surface area contributed by atoms with E-state index in [4.69, 9.17) is 9.47 Å². The summed E-state index contributed by atoms with van der Waals surface area (Å²) < 4.78 is 10.9. The van der Waals surface area contributed by atoms with Crippen LogP contribution in [0.25, 0.3) is 0 Å². The van der Waals surface area contributed by atoms with Crippen LogP contribution in [0.1, 0.15) is 71.3 Å². The van der Waals surface area contributed by atoms with E-state index in [1.807, 2.05) is 51.1 Å². The summed E-state index contributed by atoms with van der Waals surface area (Å²) in [6.45, 7) is 6.36. The number of fused-ring (bicyclic) bond motifs is 1. The maximum Gasteiger partial charge on any atom is 0.407 e. The second kappa shape index (κ2) is 10.8. The van der Waals surface area contributed by atoms with Gasteiger partial charge in [-0.3, -0.25) is 9.59 Å². The van der Waals surface area contributed by atoms with Gasteiger partial charge in [0.15, 0.2) is 0 Å². The number of carbonyl (C=O) groups is 3. The Balaban J connectivity index is 1.45. The molecule has 2 N–H and O–H groups in total. The first-order chi connectivity index (χ1) is 16.7. The minimum Gasteiger partial charge on any atom is -0.460 e. The van der Waals surface area contributed by atoms with Gasteiger partial charge in [-0.2, -0.15) is 0 Å². The number of hydrogen-bond acceptors (Lipinski definition) is 6. The van der Waals surface area contributed by atoms with Gasteiger partial charge in [0.1, 0.15) is 12.2 Å². The molecule has 1 atom stereocenters. The molecule has 0 aliphatic heterocycles. The van der Waals surface area contributed by atoms with E-state index < -0.39 is 11.7 Å². The van der Waals surface area contributed by atoms with E-state index in [1.54, 1.807) is 0 Å². The van der Waals surface area contributed by atoms with Crippen LogP contribution in [-0.2, 0) is 40.1 Å². The van der Waals surface area contributed by atoms with Crippen molar-refractivity contribution in [2.24, 2.45) is 5.92 Å². The van der Waals surface area contributed by atoms with E-state index in [-0.39, 0.29) is 30.9 Å². The largest absolute Gasteiger partial charge is 0.460 e. The van der Waals surface area contributed by atoms with Crippen LogP contribution in [0.15, 0.2) is 30.3 Å². The molecule has 1 fully saturated rings. The number of rotatable bonds is 8. The SMILES string of the molecule is CC(C)(C)OC(=O)Cc1sc2c(c1C(=O)NCC1CC1)CC(NC(=O)OCc1ccccc1)CC2. The van der Waals surface area contributed by atoms with Gasteiger partial charge in [-0.1, -0.05) is 30.3 Å². The molecular weight excluding hydrogens is 464 g/mol. The molecule has 7 nitrogen and oxygen atoms in total. The van der Waals surface area contributed by atoms with Crippen LogP contribution in [-0.4, -0.2) is 36.2 Å². The smallest absolute Gasteiger partial charge is 0.407 e. The molecule has 1 aromatic heterocycles. The predicted octanol–water partition coefficient (Wildman–Crippen LogP) is 4.56. The Hall–Kier alpha value is -2.87. The Labute approximate surface area is 210 Å². The lowest BCUT2D eigenvalue weighted by Crippen LogP contribution is -2.39. The van der Waals surface area contributed by atoms with E-state index in [1.165, 1.54) is 11.3 Å². The number of aryl methyl sites for hydroxylation is 1. The molecule has 188 valence electrons. The van der Waals surface area contributed by atoms with Crippen molar-refractivity contribution in [2.75, 3.05) is 6.54 Å². The highest BCUT2D eigenvalue weighted by Gasteiger charge is 2.32. The standard InChI is InChI=1S/C27H34N2O5S/c1-27(2,3)34-23(30)14-22-24(25(31)28-15-17-9-10-17)20-13-19(11-12-21(20)35-22)29-26(32)33-16-18-7-5-4-6-8-18/h4-8,17,19H,9-16H2,1-3H3,(H,28,31)(H,29,32). The van der Waals surface area contributed by atoms with E-state index in [0.29, 0.717) is 24.4 Å². The third kappa shape index (κ3) is 7.31. The van der Waals surface area contributed by atoms with Crippen LogP contribution in [0, 0.1) is 5.92 Å². The number of benzene rings is 1. The summed E-state index contributed by atoms with van der Waals surface area (Å²) in [6, 6.07) is 9.40. The topological polar surface area (TPSA) is 93.7 Å². The first-order valence-corrected chi connectivity index (χ1v) is 13.1. The summed E-state index contributed by atoms with van der Waals surface area (Å²) in [6.07, 6.45) is 3.91. The fourth-order valence-electron chi connectivity index (χ4n) is 4.24. The summed E-state index contributed by atoms with van der Waals surface area (Å²) in [5.41, 5.74) is 1.85. The molecule has 2 aromatic rings. The minimum atomic E-state index is -0.586. The number of nitrogens with one attached hydrogen (secondary N) is 2. The summed E-state index contributed by atoms with van der Waals surface area (Å²) in [4.78, 5) is 40.0. The Morgan fingerprint density at radius 3 is 2.51 bits per heavy atom. The fourth-order valence-corrected chi connectivity index (χ4v) is 5.57. The number of esters is 1. The summed E-state index contributed by atoms with van der Waals surface area (Å²) in [5, 5.41) is 6.01. The minimum absolute atomic E-state index is 0.0678. The Kier molecular flexibility index (Phi) is 7.79. The summed E-state index contributed by atoms with van der Waals surface area (Å²) in [7, 11) is 0. The lowest BCUT2D eigenvalue weighted by molar-refractivity contribution is -0.153. The van der Waals surface area contributed by atoms with Gasteiger partial charge in [-0.25, -0.2) is 4.79 Å². The third-order valence-corrected chi connectivity index (χ3v) is 7.36. The lowest BCUT2D eigenvalue weighted by Gasteiger charge is -2.24. The van der Waals surface area contributed by atoms with E-state index in [2.05, 4.69) is 10.6 Å². The molecule has 0 bridgehead atoms. The molecule has 4 rings (SSSR count). The lowest BCUT2D eigenvalue weighted by atomic mass is 9.90. The number of amides is 2. The van der Waals surface area contributed by atoms with Crippen molar-refractivity contribution in [2.45, 2.75) is 77.5 Å². The zero-order valence-electron chi connectivity index (χ0n) is 20.6. The van der Waals surface area contributed by atoms with Gasteiger partial charge >= 0.3 is 12.1 Å². The predicted molar refractivity (Wildman–Crippen MR) is 135 cm³/mol. The molecule has 0 saturated heterocycles. The first kappa shape index (κ1) is 25.2. The maximum atomic E-state index is 13.2. The first-order valence-electron chi connectivity index (χ1n) is 12.3. The Morgan fingerprint density at radius 1 is 1.09 bits per heavy atom. The van der Waals surface area contributed by atoms with Gasteiger partial charge in [-0.15, -0.1) is 11.3 Å². The zero-order chi connectivity index (χ0) is 25.0. The van der Waals surface area contributed by atoms with Gasteiger partial charge in [-0.05, 0) is 69.9 Å². The van der Waals surface area contributed by atoms with Crippen LogP contribution in [0.3, 0.4) is 0 Å². The normalized spacial score (nSPS) is 17.3. The monoisotopic (exact) mass is 498 g/mol. The molecule has 1 aromatic carbocycles. The van der Waals surface area contributed by atoms with Crippen LogP contribution in [0.4, 0.5) is 4.79 Å². The molecule has 8 heteroatoms. The van der Waals surface area contributed by atoms with Crippen LogP contribution >= 0.6 is 11.3 Å². The molecule has 2 aliphatic carbocycles. The van der Waals surface area contributed by atoms with E-state index >= 15 is 0 Å². The molecule has 35 heavy (non-hydrogen) atoms. The van der Waals surface area contributed by atoms with Crippen LogP contribution < -0.4 is 10.6 Å². The van der Waals surface area contributed by atoms with Gasteiger partial charge in [0, 0.05) is 22.3 Å². The average molecular weight is 499 g/mol. The van der Waals surface area contributed by atoms with Crippen molar-refractivity contribution in [1.29, 1.82) is 0 Å². The molecule has 1 unspecified atom stereocenters. The number of thiophene rings is 1. The second-order valence-electron chi connectivity index (χ2n) is 10.4. The molecule has 1 heterocycles. The van der Waals surface area contributed by atoms with Crippen molar-refractivity contribution >= 4 is 29.3 Å². The maximum absolute atomic E-state index is 13.2. The molecule has 2 aliphatic rings. The fraction of sp³-hybridized carbons (Fsp3) is 0.519. The summed E-state index contributed by atoms with van der Waals surface area (Å²) >= 11 is 1.52.